The molecular weight excluding hydrogens is 200 g/mol. The molecule has 0 aliphatic carbocycles. The van der Waals surface area contributed by atoms with E-state index in [-0.39, 0.29) is 0 Å². The Labute approximate surface area is 98.4 Å². The summed E-state index contributed by atoms with van der Waals surface area (Å²) in [6.45, 7) is 2.77. The highest BCUT2D eigenvalue weighted by Crippen LogP contribution is 2.13. The number of hydrogen-bond donors (Lipinski definition) is 1. The summed E-state index contributed by atoms with van der Waals surface area (Å²) in [5.74, 6) is 0. The molecule has 0 fully saturated rings. The molecule has 0 aliphatic rings. The van der Waals surface area contributed by atoms with Gasteiger partial charge < -0.3 is 15.0 Å². The van der Waals surface area contributed by atoms with Gasteiger partial charge in [0.05, 0.1) is 0 Å². The van der Waals surface area contributed by atoms with Crippen molar-refractivity contribution in [3.63, 3.8) is 0 Å². The quantitative estimate of drug-likeness (QED) is 0.713. The van der Waals surface area contributed by atoms with Crippen LogP contribution in [-0.2, 0) is 11.3 Å². The summed E-state index contributed by atoms with van der Waals surface area (Å²) in [5.41, 5.74) is 2.58. The minimum absolute atomic E-state index is 0.822. The molecule has 0 atom stereocenters. The average molecular weight is 222 g/mol. The van der Waals surface area contributed by atoms with Gasteiger partial charge in [-0.3, -0.25) is 0 Å². The van der Waals surface area contributed by atoms with Crippen molar-refractivity contribution in [3.8, 4) is 0 Å². The van der Waals surface area contributed by atoms with E-state index >= 15 is 0 Å². The predicted octanol–water partition coefficient (Wildman–Crippen LogP) is 1.88. The van der Waals surface area contributed by atoms with Crippen molar-refractivity contribution in [2.75, 3.05) is 39.3 Å². The smallest absolute Gasteiger partial charge is 0.0479 e. The van der Waals surface area contributed by atoms with Gasteiger partial charge in [0.15, 0.2) is 0 Å². The van der Waals surface area contributed by atoms with Crippen LogP contribution in [0.2, 0.25) is 0 Å². The largest absolute Gasteiger partial charge is 0.385 e. The van der Waals surface area contributed by atoms with Gasteiger partial charge in [0, 0.05) is 39.5 Å². The fourth-order valence-corrected chi connectivity index (χ4v) is 1.65. The zero-order chi connectivity index (χ0) is 11.8. The zero-order valence-corrected chi connectivity index (χ0v) is 10.5. The first kappa shape index (κ1) is 13.0. The number of anilines is 1. The van der Waals surface area contributed by atoms with Crippen LogP contribution in [0.5, 0.6) is 0 Å². The number of rotatable bonds is 7. The molecule has 0 spiro atoms. The summed E-state index contributed by atoms with van der Waals surface area (Å²) in [4.78, 5) is 2.25. The minimum Gasteiger partial charge on any atom is -0.385 e. The van der Waals surface area contributed by atoms with E-state index in [9.17, 15) is 0 Å². The number of methoxy groups -OCH3 is 1. The summed E-state index contributed by atoms with van der Waals surface area (Å²) in [6.07, 6.45) is 1.06. The molecule has 0 heterocycles. The minimum atomic E-state index is 0.822. The van der Waals surface area contributed by atoms with Crippen LogP contribution in [0.1, 0.15) is 12.0 Å². The number of nitrogens with one attached hydrogen (secondary N) is 1. The zero-order valence-electron chi connectivity index (χ0n) is 10.5. The second-order valence-electron chi connectivity index (χ2n) is 3.96. The molecule has 0 saturated carbocycles. The van der Waals surface area contributed by atoms with E-state index in [0.29, 0.717) is 0 Å². The third kappa shape index (κ3) is 4.21. The van der Waals surface area contributed by atoms with Crippen molar-refractivity contribution in [1.29, 1.82) is 0 Å². The number of nitrogens with zero attached hydrogens (tertiary/aromatic N) is 1. The normalized spacial score (nSPS) is 10.4. The highest BCUT2D eigenvalue weighted by atomic mass is 16.5. The van der Waals surface area contributed by atoms with Crippen LogP contribution >= 0.6 is 0 Å². The van der Waals surface area contributed by atoms with Crippen molar-refractivity contribution in [2.45, 2.75) is 13.0 Å². The Balaban J connectivity index is 2.46. The van der Waals surface area contributed by atoms with Crippen molar-refractivity contribution < 1.29 is 4.74 Å². The Kier molecular flexibility index (Phi) is 5.90. The van der Waals surface area contributed by atoms with E-state index < -0.39 is 0 Å². The van der Waals surface area contributed by atoms with Crippen LogP contribution < -0.4 is 10.2 Å². The van der Waals surface area contributed by atoms with Crippen LogP contribution in [-0.4, -0.2) is 34.4 Å². The maximum atomic E-state index is 5.04. The maximum Gasteiger partial charge on any atom is 0.0479 e. The predicted molar refractivity (Wildman–Crippen MR) is 69.0 cm³/mol. The lowest BCUT2D eigenvalue weighted by Gasteiger charge is -2.19. The van der Waals surface area contributed by atoms with Gasteiger partial charge >= 0.3 is 0 Å². The van der Waals surface area contributed by atoms with E-state index in [2.05, 4.69) is 41.5 Å². The summed E-state index contributed by atoms with van der Waals surface area (Å²) in [7, 11) is 5.82. The average Bonchev–Trinajstić information content (AvgIpc) is 2.30. The molecule has 0 bridgehead atoms. The molecule has 0 unspecified atom stereocenters. The fraction of sp³-hybridized carbons (Fsp3) is 0.538. The molecule has 0 amide bonds. The third-order valence-corrected chi connectivity index (χ3v) is 2.60. The van der Waals surface area contributed by atoms with Gasteiger partial charge in [0.25, 0.3) is 0 Å². The van der Waals surface area contributed by atoms with Gasteiger partial charge in [0.2, 0.25) is 0 Å². The first-order valence-corrected chi connectivity index (χ1v) is 5.71. The Morgan fingerprint density at radius 3 is 2.50 bits per heavy atom. The van der Waals surface area contributed by atoms with Crippen LogP contribution in [0.25, 0.3) is 0 Å². The van der Waals surface area contributed by atoms with Crippen LogP contribution in [0.3, 0.4) is 0 Å². The van der Waals surface area contributed by atoms with E-state index in [1.165, 1.54) is 11.3 Å². The van der Waals surface area contributed by atoms with Gasteiger partial charge in [-0.25, -0.2) is 0 Å². The van der Waals surface area contributed by atoms with Gasteiger partial charge in [-0.2, -0.15) is 0 Å². The molecule has 0 aromatic heterocycles. The van der Waals surface area contributed by atoms with Crippen LogP contribution in [0.15, 0.2) is 24.3 Å². The first-order valence-electron chi connectivity index (χ1n) is 5.71. The summed E-state index contributed by atoms with van der Waals surface area (Å²) in [6, 6.07) is 8.66. The molecule has 90 valence electrons. The van der Waals surface area contributed by atoms with E-state index in [1.54, 1.807) is 7.11 Å². The van der Waals surface area contributed by atoms with Crippen molar-refractivity contribution in [2.24, 2.45) is 0 Å². The monoisotopic (exact) mass is 222 g/mol. The van der Waals surface area contributed by atoms with Crippen LogP contribution in [0, 0.1) is 0 Å². The van der Waals surface area contributed by atoms with E-state index in [4.69, 9.17) is 4.74 Å². The number of benzene rings is 1. The Morgan fingerprint density at radius 2 is 1.94 bits per heavy atom. The van der Waals surface area contributed by atoms with E-state index in [1.807, 2.05) is 7.05 Å². The summed E-state index contributed by atoms with van der Waals surface area (Å²) < 4.78 is 5.04. The second-order valence-corrected chi connectivity index (χ2v) is 3.96. The maximum absolute atomic E-state index is 5.04. The van der Waals surface area contributed by atoms with Crippen molar-refractivity contribution in [1.82, 2.24) is 5.32 Å². The lowest BCUT2D eigenvalue weighted by Crippen LogP contribution is -2.19. The lowest BCUT2D eigenvalue weighted by atomic mass is 10.2. The lowest BCUT2D eigenvalue weighted by molar-refractivity contribution is 0.196. The first-order chi connectivity index (χ1) is 7.77. The molecule has 0 aliphatic heterocycles. The molecule has 1 aromatic rings. The van der Waals surface area contributed by atoms with Crippen molar-refractivity contribution in [3.05, 3.63) is 29.8 Å². The van der Waals surface area contributed by atoms with E-state index in [0.717, 1.165) is 26.1 Å². The summed E-state index contributed by atoms with van der Waals surface area (Å²) in [5, 5.41) is 3.14. The van der Waals surface area contributed by atoms with Gasteiger partial charge in [-0.05, 0) is 31.2 Å². The van der Waals surface area contributed by atoms with Crippen molar-refractivity contribution >= 4 is 5.69 Å². The Bertz CT molecular complexity index is 284. The molecule has 16 heavy (non-hydrogen) atoms. The molecule has 3 nitrogen and oxygen atoms in total. The highest BCUT2D eigenvalue weighted by Gasteiger charge is 2.00. The molecule has 0 saturated heterocycles. The second kappa shape index (κ2) is 7.25. The van der Waals surface area contributed by atoms with Gasteiger partial charge in [-0.1, -0.05) is 12.1 Å². The molecule has 3 heteroatoms. The molecule has 0 radical (unpaired) electrons. The SMILES string of the molecule is CNCc1ccc(N(C)CCCOC)cc1. The Hall–Kier alpha value is -1.06. The number of ether oxygens (including phenoxy) is 1. The van der Waals surface area contributed by atoms with Crippen LogP contribution in [0.4, 0.5) is 5.69 Å². The highest BCUT2D eigenvalue weighted by molar-refractivity contribution is 5.46. The Morgan fingerprint density at radius 1 is 1.25 bits per heavy atom. The fourth-order valence-electron chi connectivity index (χ4n) is 1.65. The van der Waals surface area contributed by atoms with Gasteiger partial charge in [0.1, 0.15) is 0 Å². The molecule has 1 rings (SSSR count). The molecule has 1 N–H and O–H groups in total. The molecular formula is C13H22N2O. The molecule has 1 aromatic carbocycles. The standard InChI is InChI=1S/C13H22N2O/c1-14-11-12-5-7-13(8-6-12)15(2)9-4-10-16-3/h5-8,14H,4,9-11H2,1-3H3. The topological polar surface area (TPSA) is 24.5 Å². The third-order valence-electron chi connectivity index (χ3n) is 2.60. The summed E-state index contributed by atoms with van der Waals surface area (Å²) >= 11 is 0. The number of hydrogen-bond acceptors (Lipinski definition) is 3. The van der Waals surface area contributed by atoms with Gasteiger partial charge in [-0.15, -0.1) is 0 Å².